The summed E-state index contributed by atoms with van der Waals surface area (Å²) in [6.07, 6.45) is 1.81. The first-order valence-corrected chi connectivity index (χ1v) is 4.56. The highest BCUT2D eigenvalue weighted by molar-refractivity contribution is 6.13. The fourth-order valence-corrected chi connectivity index (χ4v) is 1.14. The molecule has 15 heavy (non-hydrogen) atoms. The Kier molecular flexibility index (Phi) is 5.15. The zero-order valence-electron chi connectivity index (χ0n) is 8.24. The van der Waals surface area contributed by atoms with Gasteiger partial charge in [-0.25, -0.2) is 0 Å². The minimum Gasteiger partial charge on any atom is -0.430 e. The van der Waals surface area contributed by atoms with Crippen LogP contribution in [-0.2, 0) is 0 Å². The van der Waals surface area contributed by atoms with E-state index in [-0.39, 0.29) is 0 Å². The van der Waals surface area contributed by atoms with Crippen molar-refractivity contribution in [1.82, 2.24) is 4.98 Å². The summed E-state index contributed by atoms with van der Waals surface area (Å²) in [5.41, 5.74) is 2.19. The lowest BCUT2D eigenvalue weighted by molar-refractivity contribution is 0.448. The van der Waals surface area contributed by atoms with E-state index in [1.54, 1.807) is 0 Å². The first-order valence-electron chi connectivity index (χ1n) is 4.56. The van der Waals surface area contributed by atoms with E-state index in [9.17, 15) is 0 Å². The van der Waals surface area contributed by atoms with Crippen molar-refractivity contribution in [1.29, 1.82) is 0 Å². The van der Waals surface area contributed by atoms with E-state index >= 15 is 0 Å². The molecule has 0 unspecified atom stereocenters. The Morgan fingerprint density at radius 1 is 0.867 bits per heavy atom. The molecule has 0 amide bonds. The van der Waals surface area contributed by atoms with E-state index in [0.717, 1.165) is 11.3 Å². The summed E-state index contributed by atoms with van der Waals surface area (Å²) in [7, 11) is -0.750. The lowest BCUT2D eigenvalue weighted by atomic mass is 10.1. The van der Waals surface area contributed by atoms with Crippen molar-refractivity contribution in [2.24, 2.45) is 0 Å². The maximum Gasteiger partial charge on any atom is 0.432 e. The molecular weight excluding hydrogens is 189 g/mol. The van der Waals surface area contributed by atoms with Crippen molar-refractivity contribution in [3.8, 4) is 11.3 Å². The average Bonchev–Trinajstić information content (AvgIpc) is 2.32. The highest BCUT2D eigenvalue weighted by Crippen LogP contribution is 2.14. The summed E-state index contributed by atoms with van der Waals surface area (Å²) < 4.78 is 0. The number of rotatable bonds is 1. The summed E-state index contributed by atoms with van der Waals surface area (Å²) in [4.78, 5) is 4.25. The Balaban J connectivity index is 0.000000337. The van der Waals surface area contributed by atoms with E-state index in [4.69, 9.17) is 10.0 Å². The fourth-order valence-electron chi connectivity index (χ4n) is 1.14. The predicted molar refractivity (Wildman–Crippen MR) is 61.3 cm³/mol. The van der Waals surface area contributed by atoms with Gasteiger partial charge in [0, 0.05) is 11.8 Å². The van der Waals surface area contributed by atoms with Gasteiger partial charge in [-0.05, 0) is 12.1 Å². The minimum absolute atomic E-state index is 0.750. The number of aromatic nitrogens is 1. The van der Waals surface area contributed by atoms with Crippen LogP contribution in [0.15, 0.2) is 54.7 Å². The van der Waals surface area contributed by atoms with Crippen LogP contribution in [0.25, 0.3) is 11.3 Å². The smallest absolute Gasteiger partial charge is 0.430 e. The second-order valence-corrected chi connectivity index (χ2v) is 2.72. The van der Waals surface area contributed by atoms with Gasteiger partial charge in [-0.3, -0.25) is 4.98 Å². The molecule has 0 saturated carbocycles. The van der Waals surface area contributed by atoms with E-state index in [2.05, 4.69) is 17.1 Å². The lowest BCUT2D eigenvalue weighted by Crippen LogP contribution is -1.79. The molecule has 0 aliphatic rings. The van der Waals surface area contributed by atoms with Crippen LogP contribution in [0, 0.1) is 0 Å². The molecule has 0 spiro atoms. The van der Waals surface area contributed by atoms with Crippen molar-refractivity contribution in [2.45, 2.75) is 0 Å². The van der Waals surface area contributed by atoms with Gasteiger partial charge in [0.05, 0.1) is 5.69 Å². The highest BCUT2D eigenvalue weighted by atomic mass is 16.4. The van der Waals surface area contributed by atoms with Crippen LogP contribution in [0.1, 0.15) is 0 Å². The van der Waals surface area contributed by atoms with Crippen molar-refractivity contribution in [3.63, 3.8) is 0 Å². The van der Waals surface area contributed by atoms with Crippen molar-refractivity contribution < 1.29 is 10.0 Å². The molecule has 0 aliphatic carbocycles. The molecule has 3 nitrogen and oxygen atoms in total. The number of nitrogens with zero attached hydrogens (tertiary/aromatic N) is 1. The maximum atomic E-state index is 7.12. The first-order chi connectivity index (χ1) is 7.38. The van der Waals surface area contributed by atoms with Gasteiger partial charge in [0.25, 0.3) is 0 Å². The largest absolute Gasteiger partial charge is 0.432 e. The molecule has 76 valence electrons. The van der Waals surface area contributed by atoms with Crippen LogP contribution in [0.2, 0.25) is 0 Å². The summed E-state index contributed by atoms with van der Waals surface area (Å²) in [5, 5.41) is 14.2. The number of benzene rings is 1. The van der Waals surface area contributed by atoms with E-state index in [0.29, 0.717) is 0 Å². The fraction of sp³-hybridized carbons (Fsp3) is 0. The molecule has 1 heterocycles. The Bertz CT molecular complexity index is 329. The van der Waals surface area contributed by atoms with Gasteiger partial charge in [0.2, 0.25) is 0 Å². The third kappa shape index (κ3) is 3.93. The molecule has 0 aliphatic heterocycles. The zero-order chi connectivity index (χ0) is 10.9. The van der Waals surface area contributed by atoms with Gasteiger partial charge >= 0.3 is 7.69 Å². The number of hydrogen-bond acceptors (Lipinski definition) is 3. The standard InChI is InChI=1S/C11H9N.BH3O2/c1-2-6-10(7-3-1)11-8-4-5-9-12-11;2-1-3/h1-9H;1-3H. The van der Waals surface area contributed by atoms with Crippen LogP contribution in [0.3, 0.4) is 0 Å². The average molecular weight is 201 g/mol. The van der Waals surface area contributed by atoms with E-state index < -0.39 is 7.69 Å². The molecule has 0 saturated heterocycles. The topological polar surface area (TPSA) is 53.4 Å². The van der Waals surface area contributed by atoms with Crippen molar-refractivity contribution in [2.75, 3.05) is 0 Å². The Morgan fingerprint density at radius 3 is 2.00 bits per heavy atom. The minimum atomic E-state index is -0.750. The van der Waals surface area contributed by atoms with Crippen LogP contribution >= 0.6 is 0 Å². The van der Waals surface area contributed by atoms with Gasteiger partial charge < -0.3 is 10.0 Å². The highest BCUT2D eigenvalue weighted by Gasteiger charge is 1.93. The zero-order valence-corrected chi connectivity index (χ0v) is 8.24. The molecule has 0 radical (unpaired) electrons. The van der Waals surface area contributed by atoms with Crippen LogP contribution in [0.5, 0.6) is 0 Å². The maximum absolute atomic E-state index is 7.12. The van der Waals surface area contributed by atoms with Gasteiger partial charge in [0.15, 0.2) is 0 Å². The normalized spacial score (nSPS) is 8.67. The molecule has 1 aromatic carbocycles. The molecule has 2 N–H and O–H groups in total. The first kappa shape index (κ1) is 11.4. The summed E-state index contributed by atoms with van der Waals surface area (Å²) in [6, 6.07) is 16.1. The molecule has 0 bridgehead atoms. The Labute approximate surface area is 89.4 Å². The van der Waals surface area contributed by atoms with Gasteiger partial charge in [-0.1, -0.05) is 36.4 Å². The molecule has 0 fully saturated rings. The lowest BCUT2D eigenvalue weighted by Gasteiger charge is -1.97. The van der Waals surface area contributed by atoms with Gasteiger partial charge in [0.1, 0.15) is 0 Å². The monoisotopic (exact) mass is 201 g/mol. The SMILES string of the molecule is OBO.c1ccc(-c2ccccn2)cc1. The van der Waals surface area contributed by atoms with Crippen LogP contribution < -0.4 is 0 Å². The van der Waals surface area contributed by atoms with E-state index in [1.165, 1.54) is 0 Å². The molecule has 2 aromatic rings. The Morgan fingerprint density at radius 2 is 1.47 bits per heavy atom. The second-order valence-electron chi connectivity index (χ2n) is 2.72. The summed E-state index contributed by atoms with van der Waals surface area (Å²) in [5.74, 6) is 0. The second kappa shape index (κ2) is 6.76. The molecule has 1 aromatic heterocycles. The third-order valence-electron chi connectivity index (χ3n) is 1.73. The van der Waals surface area contributed by atoms with Crippen LogP contribution in [-0.4, -0.2) is 22.7 Å². The summed E-state index contributed by atoms with van der Waals surface area (Å²) in [6.45, 7) is 0. The molecule has 0 atom stereocenters. The molecular formula is C11H12BNO2. The molecule has 2 rings (SSSR count). The summed E-state index contributed by atoms with van der Waals surface area (Å²) >= 11 is 0. The predicted octanol–water partition coefficient (Wildman–Crippen LogP) is 0.986. The van der Waals surface area contributed by atoms with E-state index in [1.807, 2.05) is 42.6 Å². The number of pyridine rings is 1. The van der Waals surface area contributed by atoms with Gasteiger partial charge in [-0.15, -0.1) is 0 Å². The van der Waals surface area contributed by atoms with Crippen LogP contribution in [0.4, 0.5) is 0 Å². The van der Waals surface area contributed by atoms with Crippen molar-refractivity contribution >= 4 is 7.69 Å². The van der Waals surface area contributed by atoms with Gasteiger partial charge in [-0.2, -0.15) is 0 Å². The third-order valence-corrected chi connectivity index (χ3v) is 1.73. The quantitative estimate of drug-likeness (QED) is 0.676. The number of hydrogen-bond donors (Lipinski definition) is 2. The Hall–Kier alpha value is -1.65. The molecule has 4 heteroatoms. The van der Waals surface area contributed by atoms with Crippen molar-refractivity contribution in [3.05, 3.63) is 54.7 Å².